The molecule has 0 unspecified atom stereocenters. The molecule has 3 aliphatic rings. The number of hydrogen-bond acceptors (Lipinski definition) is 12. The van der Waals surface area contributed by atoms with Crippen LogP contribution in [0.3, 0.4) is 0 Å². The molecule has 2 bridgehead atoms. The van der Waals surface area contributed by atoms with Crippen LogP contribution in [-0.2, 0) is 28.5 Å². The van der Waals surface area contributed by atoms with Crippen LogP contribution >= 0.6 is 69.6 Å². The predicted octanol–water partition coefficient (Wildman–Crippen LogP) is 5.51. The third kappa shape index (κ3) is 6.68. The van der Waals surface area contributed by atoms with Gasteiger partial charge in [-0.3, -0.25) is 0 Å². The lowest BCUT2D eigenvalue weighted by atomic mass is 9.69. The van der Waals surface area contributed by atoms with Crippen molar-refractivity contribution in [2.45, 2.75) is 0 Å². The molecule has 0 spiro atoms. The van der Waals surface area contributed by atoms with E-state index in [9.17, 15) is 26.3 Å². The van der Waals surface area contributed by atoms with Crippen molar-refractivity contribution in [3.05, 3.63) is 58.2 Å². The number of rotatable bonds is 2. The number of fused-ring (bicyclic) bond motifs is 9. The highest BCUT2D eigenvalue weighted by Gasteiger charge is 2.51. The van der Waals surface area contributed by atoms with Gasteiger partial charge in [0.1, 0.15) is 23.3 Å². The molecule has 0 atom stereocenters. The second kappa shape index (κ2) is 14.1. The zero-order valence-electron chi connectivity index (χ0n) is 21.3. The first kappa shape index (κ1) is 37.3. The van der Waals surface area contributed by atoms with Crippen molar-refractivity contribution in [2.75, 3.05) is 0 Å². The number of nitrogens with zero attached hydrogens (tertiary/aromatic N) is 6. The van der Waals surface area contributed by atoms with E-state index in [0.29, 0.717) is 0 Å². The van der Waals surface area contributed by atoms with E-state index in [2.05, 4.69) is 30.9 Å². The summed E-state index contributed by atoms with van der Waals surface area (Å²) in [5, 5.41) is 9.33. The minimum atomic E-state index is -5.04. The first-order valence-corrected chi connectivity index (χ1v) is 13.5. The highest BCUT2D eigenvalue weighted by molar-refractivity contribution is 7.01. The van der Waals surface area contributed by atoms with Crippen LogP contribution in [0.2, 0.25) is 0 Å². The lowest BCUT2D eigenvalue weighted by molar-refractivity contribution is 0.0762. The summed E-state index contributed by atoms with van der Waals surface area (Å²) in [5.74, 6) is -26.8. The smallest absolute Gasteiger partial charge is 0.535 e. The quantitative estimate of drug-likeness (QED) is 0.170. The Labute approximate surface area is 285 Å². The Morgan fingerprint density at radius 2 is 0.438 bits per heavy atom. The maximum atomic E-state index is 15.0. The number of benzene rings is 2. The van der Waals surface area contributed by atoms with Crippen molar-refractivity contribution in [3.8, 4) is 0 Å². The maximum absolute atomic E-state index is 15.0. The van der Waals surface area contributed by atoms with Gasteiger partial charge in [0.25, 0.3) is 0 Å². The van der Waals surface area contributed by atoms with Gasteiger partial charge >= 0.3 is 13.5 Å². The van der Waals surface area contributed by atoms with Gasteiger partial charge in [0.05, 0.1) is 0 Å². The average molecular weight is 821 g/mol. The summed E-state index contributed by atoms with van der Waals surface area (Å²) in [6, 6.07) is 0. The summed E-state index contributed by atoms with van der Waals surface area (Å²) >= 11 is 34.6. The molecule has 3 aliphatic heterocycles. The third-order valence-corrected chi connectivity index (χ3v) is 7.11. The molecule has 2 aromatic carbocycles. The molecular weight excluding hydrogens is 821 g/mol. The van der Waals surface area contributed by atoms with Crippen molar-refractivity contribution in [3.63, 3.8) is 0 Å². The van der Waals surface area contributed by atoms with E-state index in [4.69, 9.17) is 98.1 Å². The summed E-state index contributed by atoms with van der Waals surface area (Å²) in [6.07, 6.45) is 0. The van der Waals surface area contributed by atoms with E-state index >= 15 is 17.6 Å². The highest BCUT2D eigenvalue weighted by Crippen LogP contribution is 2.27. The van der Waals surface area contributed by atoms with E-state index in [1.54, 1.807) is 0 Å². The summed E-state index contributed by atoms with van der Waals surface area (Å²) < 4.78 is 173. The average Bonchev–Trinajstić information content (AvgIpc) is 3.07. The normalized spacial score (nSPS) is 27.4. The first-order chi connectivity index (χ1) is 22.4. The van der Waals surface area contributed by atoms with Crippen molar-refractivity contribution in [1.29, 1.82) is 0 Å². The fourth-order valence-electron chi connectivity index (χ4n) is 3.22. The Morgan fingerprint density at radius 3 is 0.604 bits per heavy atom. The van der Waals surface area contributed by atoms with Crippen LogP contribution in [0.1, 0.15) is 0 Å². The molecule has 5 rings (SSSR count). The van der Waals surface area contributed by atoms with Crippen LogP contribution in [0.5, 0.6) is 0 Å². The number of halogens is 16. The lowest BCUT2D eigenvalue weighted by Crippen LogP contribution is -2.58. The topological polar surface area (TPSA) is 130 Å². The van der Waals surface area contributed by atoms with Gasteiger partial charge in [0.15, 0.2) is 34.9 Å². The minimum absolute atomic E-state index is 1.41. The molecule has 258 valence electrons. The fraction of sp³-hybridized carbons (Fsp3) is 0. The maximum Gasteiger partial charge on any atom is 0.646 e. The Hall–Kier alpha value is -3.57. The second-order valence-corrected chi connectivity index (χ2v) is 10.3. The van der Waals surface area contributed by atoms with Gasteiger partial charge in [-0.25, -0.2) is 43.9 Å². The largest absolute Gasteiger partial charge is 0.646 e. The van der Waals surface area contributed by atoms with Crippen LogP contribution in [-0.4, -0.2) is 44.5 Å². The molecule has 0 amide bonds. The zero-order chi connectivity index (χ0) is 35.9. The molecule has 0 saturated carbocycles. The molecule has 30 heteroatoms. The molecule has 0 fully saturated rings. The minimum Gasteiger partial charge on any atom is -0.535 e. The molecular formula is C18B2Cl6F10N6O6-2. The van der Waals surface area contributed by atoms with Crippen molar-refractivity contribution in [2.24, 2.45) is 30.9 Å². The summed E-state index contributed by atoms with van der Waals surface area (Å²) in [7, 11) is 0. The summed E-state index contributed by atoms with van der Waals surface area (Å²) in [4.78, 5) is 0. The summed E-state index contributed by atoms with van der Waals surface area (Å²) in [6.45, 7) is -10.1. The molecule has 0 aromatic heterocycles. The van der Waals surface area contributed by atoms with Crippen LogP contribution in [0.4, 0.5) is 43.9 Å². The van der Waals surface area contributed by atoms with E-state index in [1.165, 1.54) is 0 Å². The predicted molar refractivity (Wildman–Crippen MR) is 149 cm³/mol. The van der Waals surface area contributed by atoms with E-state index < -0.39 is 114 Å². The third-order valence-electron chi connectivity index (χ3n) is 5.34. The molecule has 12 nitrogen and oxygen atoms in total. The van der Waals surface area contributed by atoms with Gasteiger partial charge in [-0.2, -0.15) is 0 Å². The molecule has 3 heterocycles. The van der Waals surface area contributed by atoms with Crippen molar-refractivity contribution >= 4 is 125 Å². The van der Waals surface area contributed by atoms with Gasteiger partial charge in [-0.05, 0) is 0 Å². The number of oxime groups is 6. The van der Waals surface area contributed by atoms with E-state index in [-0.39, 0.29) is 0 Å². The molecule has 0 radical (unpaired) electrons. The molecule has 0 N–H and O–H groups in total. The van der Waals surface area contributed by atoms with Gasteiger partial charge in [-0.15, -0.1) is 30.9 Å². The monoisotopic (exact) mass is 818 g/mol. The van der Waals surface area contributed by atoms with Gasteiger partial charge in [0, 0.05) is 10.9 Å². The Bertz CT molecular complexity index is 1620. The summed E-state index contributed by atoms with van der Waals surface area (Å²) in [5.41, 5.74) is -4.38. The molecule has 48 heavy (non-hydrogen) atoms. The van der Waals surface area contributed by atoms with Crippen LogP contribution in [0, 0.1) is 58.2 Å². The number of hydrogen-bond donors (Lipinski definition) is 0. The van der Waals surface area contributed by atoms with Crippen LogP contribution in [0.25, 0.3) is 0 Å². The lowest BCUT2D eigenvalue weighted by Gasteiger charge is -2.36. The molecule has 0 saturated heterocycles. The first-order valence-electron chi connectivity index (χ1n) is 11.2. The van der Waals surface area contributed by atoms with Crippen molar-refractivity contribution in [1.82, 2.24) is 0 Å². The molecule has 0 aliphatic carbocycles. The van der Waals surface area contributed by atoms with Gasteiger partial charge in [0.2, 0.25) is 31.0 Å². The SMILES string of the molecule is Fc1c(F)c(F)c([B-]23ON=C(Cl)/C(Cl)=N/O[B-](c4c(F)c(F)c(F)c(F)c4F)(O/N=C(Cl)/C(Cl)=N/O2)O/N=C(Cl)/C(Cl)=N/O3)c(F)c1F. The fourth-order valence-corrected chi connectivity index (χ4v) is 3.66. The van der Waals surface area contributed by atoms with E-state index in [1.807, 2.05) is 0 Å². The van der Waals surface area contributed by atoms with Crippen LogP contribution < -0.4 is 10.9 Å². The second-order valence-electron chi connectivity index (χ2n) is 8.18. The van der Waals surface area contributed by atoms with Crippen molar-refractivity contribution < 1.29 is 72.4 Å². The highest BCUT2D eigenvalue weighted by atomic mass is 35.5. The molecule has 2 aromatic rings. The zero-order valence-corrected chi connectivity index (χ0v) is 25.9. The standard InChI is InChI=1S/C18B2Cl6F10N6O6/c21-13-16(24)40-46-20(2-5(29)9(33)12(36)10(34)6(2)30)47-41-17(25)14(22)38-44-19(43-37-13,45-39-15(23)18(26)42-48-20)1-3(27)7(31)11(35)8(32)4(1)28/q-2/b37-13-,38-14-,39-15-,40-16-,41-17-,42-18?. The van der Waals surface area contributed by atoms with E-state index in [0.717, 1.165) is 0 Å². The van der Waals surface area contributed by atoms with Crippen LogP contribution in [0.15, 0.2) is 30.9 Å². The Morgan fingerprint density at radius 1 is 0.292 bits per heavy atom. The van der Waals surface area contributed by atoms with Gasteiger partial charge in [-0.1, -0.05) is 69.6 Å². The Balaban J connectivity index is 2.14. The Kier molecular flexibility index (Phi) is 11.0. The van der Waals surface area contributed by atoms with Gasteiger partial charge < -0.3 is 28.5 Å².